The Balaban J connectivity index is 1.17. The summed E-state index contributed by atoms with van der Waals surface area (Å²) in [5.41, 5.74) is 6.20. The van der Waals surface area contributed by atoms with Gasteiger partial charge in [0.25, 0.3) is 0 Å². The van der Waals surface area contributed by atoms with E-state index >= 15 is 0 Å². The second kappa shape index (κ2) is 6.17. The minimum absolute atomic E-state index is 0.515. The summed E-state index contributed by atoms with van der Waals surface area (Å²) < 4.78 is 2.17. The maximum Gasteiger partial charge on any atom is 0.146 e. The number of benzene rings is 1. The summed E-state index contributed by atoms with van der Waals surface area (Å²) in [7, 11) is 0. The lowest BCUT2D eigenvalue weighted by atomic mass is 10.1. The molecule has 0 radical (unpaired) electrons. The van der Waals surface area contributed by atoms with Crippen LogP contribution in [0.15, 0.2) is 59.2 Å². The first-order chi connectivity index (χ1) is 12.4. The molecule has 1 aliphatic heterocycles. The van der Waals surface area contributed by atoms with E-state index in [1.165, 1.54) is 21.7 Å². The summed E-state index contributed by atoms with van der Waals surface area (Å²) in [6.45, 7) is 1.39. The molecule has 0 spiro atoms. The van der Waals surface area contributed by atoms with Crippen molar-refractivity contribution in [3.05, 3.63) is 75.7 Å². The summed E-state index contributed by atoms with van der Waals surface area (Å²) >= 11 is 1.71. The fourth-order valence-electron chi connectivity index (χ4n) is 3.78. The molecule has 1 N–H and O–H groups in total. The average Bonchev–Trinajstić information content (AvgIpc) is 3.37. The van der Waals surface area contributed by atoms with Crippen LogP contribution in [0.25, 0.3) is 5.69 Å². The van der Waals surface area contributed by atoms with Crippen LogP contribution in [0.5, 0.6) is 0 Å². The van der Waals surface area contributed by atoms with Gasteiger partial charge in [-0.15, -0.1) is 11.3 Å². The third-order valence-electron chi connectivity index (χ3n) is 4.94. The summed E-state index contributed by atoms with van der Waals surface area (Å²) in [6, 6.07) is 15.5. The first-order valence-corrected chi connectivity index (χ1v) is 9.54. The molecule has 1 aliphatic carbocycles. The Kier molecular flexibility index (Phi) is 3.68. The summed E-state index contributed by atoms with van der Waals surface area (Å²) in [6.07, 6.45) is 4.29. The SMILES string of the molecule is c1ccc2c(c1)CC(NCCON=C1c3sccc3-n3cccc31)C2. The lowest BCUT2D eigenvalue weighted by Gasteiger charge is -2.11. The second-order valence-corrected chi connectivity index (χ2v) is 7.42. The highest BCUT2D eigenvalue weighted by Gasteiger charge is 2.26. The third-order valence-corrected chi connectivity index (χ3v) is 5.85. The van der Waals surface area contributed by atoms with Crippen LogP contribution in [0.3, 0.4) is 0 Å². The van der Waals surface area contributed by atoms with E-state index < -0.39 is 0 Å². The van der Waals surface area contributed by atoms with E-state index in [0.29, 0.717) is 12.6 Å². The molecule has 0 bridgehead atoms. The number of thiophene rings is 1. The molecule has 3 aromatic rings. The summed E-state index contributed by atoms with van der Waals surface area (Å²) in [5.74, 6) is 0. The number of hydrogen-bond acceptors (Lipinski definition) is 4. The molecule has 5 heteroatoms. The van der Waals surface area contributed by atoms with Gasteiger partial charge in [-0.25, -0.2) is 0 Å². The van der Waals surface area contributed by atoms with Crippen molar-refractivity contribution in [2.75, 3.05) is 13.2 Å². The molecule has 5 rings (SSSR count). The van der Waals surface area contributed by atoms with Crippen LogP contribution >= 0.6 is 11.3 Å². The normalized spacial score (nSPS) is 16.9. The van der Waals surface area contributed by atoms with Gasteiger partial charge in [0.15, 0.2) is 0 Å². The predicted octanol–water partition coefficient (Wildman–Crippen LogP) is 3.38. The molecule has 0 amide bonds. The van der Waals surface area contributed by atoms with Gasteiger partial charge in [-0.05, 0) is 47.5 Å². The quantitative estimate of drug-likeness (QED) is 0.443. The van der Waals surface area contributed by atoms with Crippen molar-refractivity contribution in [2.45, 2.75) is 18.9 Å². The largest absolute Gasteiger partial charge is 0.394 e. The zero-order valence-corrected chi connectivity index (χ0v) is 14.6. The van der Waals surface area contributed by atoms with E-state index in [1.807, 2.05) is 6.07 Å². The zero-order chi connectivity index (χ0) is 16.6. The van der Waals surface area contributed by atoms with E-state index in [-0.39, 0.29) is 0 Å². The molecular weight excluding hydrogens is 330 g/mol. The van der Waals surface area contributed by atoms with Crippen LogP contribution in [0.2, 0.25) is 0 Å². The van der Waals surface area contributed by atoms with Crippen LogP contribution in [-0.2, 0) is 17.7 Å². The van der Waals surface area contributed by atoms with Crippen molar-refractivity contribution in [3.8, 4) is 5.69 Å². The van der Waals surface area contributed by atoms with Crippen LogP contribution < -0.4 is 5.32 Å². The lowest BCUT2D eigenvalue weighted by molar-refractivity contribution is 0.144. The van der Waals surface area contributed by atoms with Crippen molar-refractivity contribution in [2.24, 2.45) is 5.16 Å². The van der Waals surface area contributed by atoms with Gasteiger partial charge < -0.3 is 14.7 Å². The number of oxime groups is 1. The van der Waals surface area contributed by atoms with Crippen molar-refractivity contribution < 1.29 is 4.84 Å². The Labute approximate surface area is 150 Å². The minimum atomic E-state index is 0.515. The summed E-state index contributed by atoms with van der Waals surface area (Å²) in [5, 5.41) is 10.1. The highest BCUT2D eigenvalue weighted by molar-refractivity contribution is 7.13. The van der Waals surface area contributed by atoms with Gasteiger partial charge in [0, 0.05) is 18.8 Å². The summed E-state index contributed by atoms with van der Waals surface area (Å²) in [4.78, 5) is 6.82. The van der Waals surface area contributed by atoms with Crippen molar-refractivity contribution >= 4 is 17.0 Å². The second-order valence-electron chi connectivity index (χ2n) is 6.50. The molecular formula is C20H19N3OS. The number of nitrogens with one attached hydrogen (secondary N) is 1. The maximum atomic E-state index is 5.63. The van der Waals surface area contributed by atoms with Gasteiger partial charge >= 0.3 is 0 Å². The fraction of sp³-hybridized carbons (Fsp3) is 0.250. The number of hydrogen-bond donors (Lipinski definition) is 1. The zero-order valence-electron chi connectivity index (χ0n) is 13.8. The number of aromatic nitrogens is 1. The standard InChI is InChI=1S/C20H19N3OS/c1-2-5-15-13-16(12-14(15)4-1)21-8-10-24-22-19-17-6-3-9-23(17)18-7-11-25-20(18)19/h1-7,9,11,16,21H,8,10,12-13H2. The molecule has 0 saturated carbocycles. The molecule has 126 valence electrons. The van der Waals surface area contributed by atoms with E-state index in [2.05, 4.69) is 63.0 Å². The van der Waals surface area contributed by atoms with Crippen molar-refractivity contribution in [3.63, 3.8) is 0 Å². The van der Waals surface area contributed by atoms with E-state index in [4.69, 9.17) is 4.84 Å². The predicted molar refractivity (Wildman–Crippen MR) is 101 cm³/mol. The van der Waals surface area contributed by atoms with E-state index in [0.717, 1.165) is 30.8 Å². The molecule has 3 heterocycles. The van der Waals surface area contributed by atoms with Gasteiger partial charge in [-0.1, -0.05) is 29.4 Å². The molecule has 4 nitrogen and oxygen atoms in total. The Morgan fingerprint density at radius 3 is 2.80 bits per heavy atom. The van der Waals surface area contributed by atoms with Crippen molar-refractivity contribution in [1.29, 1.82) is 0 Å². The Hall–Kier alpha value is -2.37. The lowest BCUT2D eigenvalue weighted by Crippen LogP contribution is -2.32. The topological polar surface area (TPSA) is 38.5 Å². The molecule has 25 heavy (non-hydrogen) atoms. The van der Waals surface area contributed by atoms with Crippen molar-refractivity contribution in [1.82, 2.24) is 9.88 Å². The number of fused-ring (bicyclic) bond motifs is 4. The molecule has 0 atom stereocenters. The molecule has 2 aromatic heterocycles. The van der Waals surface area contributed by atoms with Gasteiger partial charge in [-0.3, -0.25) is 0 Å². The van der Waals surface area contributed by atoms with Crippen LogP contribution in [-0.4, -0.2) is 29.5 Å². The molecule has 2 aliphatic rings. The Morgan fingerprint density at radius 1 is 1.12 bits per heavy atom. The molecule has 1 aromatic carbocycles. The average molecular weight is 349 g/mol. The highest BCUT2D eigenvalue weighted by Crippen LogP contribution is 2.32. The van der Waals surface area contributed by atoms with Gasteiger partial charge in [0.05, 0.1) is 16.3 Å². The van der Waals surface area contributed by atoms with Crippen LogP contribution in [0.4, 0.5) is 0 Å². The number of nitrogens with zero attached hydrogens (tertiary/aromatic N) is 2. The number of rotatable bonds is 5. The molecule has 0 saturated heterocycles. The smallest absolute Gasteiger partial charge is 0.146 e. The molecule has 0 fully saturated rings. The fourth-order valence-corrected chi connectivity index (χ4v) is 4.65. The molecule has 0 unspecified atom stereocenters. The Bertz CT molecular complexity index is 873. The van der Waals surface area contributed by atoms with Crippen LogP contribution in [0.1, 0.15) is 21.7 Å². The first-order valence-electron chi connectivity index (χ1n) is 8.66. The highest BCUT2D eigenvalue weighted by atomic mass is 32.1. The monoisotopic (exact) mass is 349 g/mol. The van der Waals surface area contributed by atoms with Gasteiger partial charge in [0.2, 0.25) is 0 Å². The third kappa shape index (κ3) is 2.60. The van der Waals surface area contributed by atoms with E-state index in [9.17, 15) is 0 Å². The maximum absolute atomic E-state index is 5.63. The van der Waals surface area contributed by atoms with Gasteiger partial charge in [0.1, 0.15) is 12.3 Å². The minimum Gasteiger partial charge on any atom is -0.394 e. The Morgan fingerprint density at radius 2 is 1.96 bits per heavy atom. The first kappa shape index (κ1) is 14.9. The van der Waals surface area contributed by atoms with E-state index in [1.54, 1.807) is 11.3 Å². The van der Waals surface area contributed by atoms with Crippen LogP contribution in [0, 0.1) is 0 Å². The van der Waals surface area contributed by atoms with Gasteiger partial charge in [-0.2, -0.15) is 0 Å².